The fourth-order valence-electron chi connectivity index (χ4n) is 8.11. The summed E-state index contributed by atoms with van der Waals surface area (Å²) in [5.41, 5.74) is 6.88. The molecular weight excluding hydrogens is 402 g/mol. The summed E-state index contributed by atoms with van der Waals surface area (Å²) in [6, 6.07) is 2.92. The van der Waals surface area contributed by atoms with E-state index >= 15 is 0 Å². The van der Waals surface area contributed by atoms with Crippen LogP contribution in [0.2, 0.25) is 0 Å². The molecule has 9 unspecified atom stereocenters. The van der Waals surface area contributed by atoms with Crippen molar-refractivity contribution in [2.45, 2.75) is 89.7 Å². The van der Waals surface area contributed by atoms with Crippen molar-refractivity contribution in [2.75, 3.05) is 0 Å². The SMILES string of the molecule is CC(C)C(N)C(=O)OC1CC2CCC3C4CCCC4CCC3C2C(c2ccc(=O)oc2)C1. The zero-order valence-corrected chi connectivity index (χ0v) is 19.6. The zero-order chi connectivity index (χ0) is 22.4. The number of hydrogen-bond acceptors (Lipinski definition) is 5. The molecule has 1 aromatic heterocycles. The van der Waals surface area contributed by atoms with Crippen molar-refractivity contribution in [2.24, 2.45) is 47.2 Å². The molecule has 0 amide bonds. The van der Waals surface area contributed by atoms with E-state index in [2.05, 4.69) is 0 Å². The first kappa shape index (κ1) is 22.2. The lowest BCUT2D eigenvalue weighted by Crippen LogP contribution is -2.49. The quantitative estimate of drug-likeness (QED) is 0.673. The normalized spacial score (nSPS) is 39.6. The van der Waals surface area contributed by atoms with E-state index in [-0.39, 0.29) is 29.5 Å². The van der Waals surface area contributed by atoms with Crippen molar-refractivity contribution < 1.29 is 13.9 Å². The van der Waals surface area contributed by atoms with Crippen molar-refractivity contribution in [3.05, 3.63) is 34.4 Å². The first-order valence-corrected chi connectivity index (χ1v) is 13.0. The molecule has 0 aliphatic heterocycles. The molecule has 32 heavy (non-hydrogen) atoms. The van der Waals surface area contributed by atoms with Gasteiger partial charge in [0.25, 0.3) is 0 Å². The van der Waals surface area contributed by atoms with Gasteiger partial charge in [-0.1, -0.05) is 26.7 Å². The Morgan fingerprint density at radius 3 is 2.53 bits per heavy atom. The van der Waals surface area contributed by atoms with Crippen LogP contribution in [0.5, 0.6) is 0 Å². The highest BCUT2D eigenvalue weighted by atomic mass is 16.5. The number of nitrogens with two attached hydrogens (primary N) is 1. The van der Waals surface area contributed by atoms with Crippen LogP contribution in [-0.2, 0) is 9.53 Å². The maximum absolute atomic E-state index is 12.6. The second kappa shape index (κ2) is 8.96. The van der Waals surface area contributed by atoms with Crippen molar-refractivity contribution in [3.63, 3.8) is 0 Å². The molecule has 1 aromatic rings. The Bertz CT molecular complexity index is 858. The maximum atomic E-state index is 12.6. The third-order valence-electron chi connectivity index (χ3n) is 9.57. The summed E-state index contributed by atoms with van der Waals surface area (Å²) < 4.78 is 11.3. The van der Waals surface area contributed by atoms with Crippen LogP contribution in [0.3, 0.4) is 0 Å². The van der Waals surface area contributed by atoms with Gasteiger partial charge in [0.1, 0.15) is 12.1 Å². The van der Waals surface area contributed by atoms with Crippen LogP contribution in [0.15, 0.2) is 27.6 Å². The second-order valence-electron chi connectivity index (χ2n) is 11.5. The number of carbonyl (C=O) groups excluding carboxylic acids is 1. The molecular formula is C27H39NO4. The lowest BCUT2D eigenvalue weighted by atomic mass is 9.50. The van der Waals surface area contributed by atoms with Crippen LogP contribution >= 0.6 is 0 Å². The molecule has 5 nitrogen and oxygen atoms in total. The molecule has 4 saturated carbocycles. The van der Waals surface area contributed by atoms with Gasteiger partial charge < -0.3 is 14.9 Å². The van der Waals surface area contributed by atoms with Crippen molar-refractivity contribution in [3.8, 4) is 0 Å². The minimum absolute atomic E-state index is 0.0649. The molecule has 0 radical (unpaired) electrons. The lowest BCUT2D eigenvalue weighted by Gasteiger charge is -2.55. The minimum atomic E-state index is -0.575. The van der Waals surface area contributed by atoms with Gasteiger partial charge in [0, 0.05) is 6.07 Å². The van der Waals surface area contributed by atoms with Gasteiger partial charge in [-0.2, -0.15) is 0 Å². The van der Waals surface area contributed by atoms with Gasteiger partial charge in [0.2, 0.25) is 0 Å². The Kier molecular flexibility index (Phi) is 6.21. The summed E-state index contributed by atoms with van der Waals surface area (Å²) in [5, 5.41) is 0. The lowest BCUT2D eigenvalue weighted by molar-refractivity contribution is -0.157. The highest BCUT2D eigenvalue weighted by molar-refractivity contribution is 5.76. The second-order valence-corrected chi connectivity index (χ2v) is 11.5. The predicted molar refractivity (Wildman–Crippen MR) is 123 cm³/mol. The van der Waals surface area contributed by atoms with Crippen LogP contribution < -0.4 is 11.4 Å². The number of rotatable bonds is 4. The van der Waals surface area contributed by atoms with Crippen LogP contribution in [0.4, 0.5) is 0 Å². The van der Waals surface area contributed by atoms with E-state index in [0.29, 0.717) is 11.8 Å². The third-order valence-corrected chi connectivity index (χ3v) is 9.57. The maximum Gasteiger partial charge on any atom is 0.335 e. The predicted octanol–water partition coefficient (Wildman–Crippen LogP) is 4.88. The smallest absolute Gasteiger partial charge is 0.335 e. The van der Waals surface area contributed by atoms with Gasteiger partial charge in [0.05, 0.1) is 6.26 Å². The molecule has 0 saturated heterocycles. The Morgan fingerprint density at radius 2 is 1.78 bits per heavy atom. The van der Waals surface area contributed by atoms with Crippen LogP contribution in [-0.4, -0.2) is 18.1 Å². The van der Waals surface area contributed by atoms with Gasteiger partial charge in [-0.3, -0.25) is 4.79 Å². The first-order valence-electron chi connectivity index (χ1n) is 13.0. The average Bonchev–Trinajstić information content (AvgIpc) is 3.27. The van der Waals surface area contributed by atoms with Crippen LogP contribution in [0.25, 0.3) is 0 Å². The molecule has 176 valence electrons. The molecule has 4 aliphatic carbocycles. The third kappa shape index (κ3) is 4.06. The van der Waals surface area contributed by atoms with Gasteiger partial charge in [-0.25, -0.2) is 4.79 Å². The highest BCUT2D eigenvalue weighted by Gasteiger charge is 2.53. The number of hydrogen-bond donors (Lipinski definition) is 1. The Balaban J connectivity index is 1.41. The number of esters is 1. The van der Waals surface area contributed by atoms with Gasteiger partial charge in [0.15, 0.2) is 0 Å². The number of fused-ring (bicyclic) bond motifs is 5. The Hall–Kier alpha value is -1.62. The molecule has 0 aromatic carbocycles. The first-order chi connectivity index (χ1) is 15.4. The molecule has 0 spiro atoms. The van der Waals surface area contributed by atoms with E-state index in [1.54, 1.807) is 12.3 Å². The summed E-state index contributed by atoms with van der Waals surface area (Å²) in [6.07, 6.45) is 12.9. The molecule has 5 rings (SSSR count). The molecule has 0 bridgehead atoms. The van der Waals surface area contributed by atoms with E-state index in [0.717, 1.165) is 42.1 Å². The minimum Gasteiger partial charge on any atom is -0.461 e. The van der Waals surface area contributed by atoms with Crippen molar-refractivity contribution in [1.29, 1.82) is 0 Å². The molecule has 9 atom stereocenters. The van der Waals surface area contributed by atoms with Gasteiger partial charge in [-0.05, 0) is 104 Å². The van der Waals surface area contributed by atoms with Gasteiger partial charge in [-0.15, -0.1) is 0 Å². The molecule has 5 heteroatoms. The highest BCUT2D eigenvalue weighted by Crippen LogP contribution is 2.60. The van der Waals surface area contributed by atoms with E-state index < -0.39 is 6.04 Å². The number of carbonyl (C=O) groups is 1. The van der Waals surface area contributed by atoms with E-state index in [4.69, 9.17) is 14.9 Å². The van der Waals surface area contributed by atoms with Crippen LogP contribution in [0, 0.1) is 41.4 Å². The number of ether oxygens (including phenoxy) is 1. The fourth-order valence-corrected chi connectivity index (χ4v) is 8.11. The van der Waals surface area contributed by atoms with Crippen molar-refractivity contribution >= 4 is 5.97 Å². The Morgan fingerprint density at radius 1 is 1.00 bits per heavy atom. The van der Waals surface area contributed by atoms with E-state index in [9.17, 15) is 9.59 Å². The largest absolute Gasteiger partial charge is 0.461 e. The van der Waals surface area contributed by atoms with E-state index in [1.165, 1.54) is 44.9 Å². The molecule has 4 aliphatic rings. The fraction of sp³-hybridized carbons (Fsp3) is 0.778. The summed E-state index contributed by atoms with van der Waals surface area (Å²) in [5.74, 6) is 4.70. The standard InChI is InChI=1S/C27H39NO4/c1-15(2)26(28)27(30)32-19-12-17-7-9-21-20-5-3-4-16(20)6-10-22(21)25(17)23(13-19)18-8-11-24(29)31-14-18/h8,11,14-17,19-23,25-26H,3-7,9-10,12-13,28H2,1-2H3. The Labute approximate surface area is 191 Å². The monoisotopic (exact) mass is 441 g/mol. The molecule has 1 heterocycles. The molecule has 4 fully saturated rings. The summed E-state index contributed by atoms with van der Waals surface area (Å²) >= 11 is 0. The average molecular weight is 442 g/mol. The summed E-state index contributed by atoms with van der Waals surface area (Å²) in [7, 11) is 0. The zero-order valence-electron chi connectivity index (χ0n) is 19.6. The van der Waals surface area contributed by atoms with Crippen molar-refractivity contribution in [1.82, 2.24) is 0 Å². The van der Waals surface area contributed by atoms with E-state index in [1.807, 2.05) is 19.9 Å². The van der Waals surface area contributed by atoms with Gasteiger partial charge >= 0.3 is 11.6 Å². The molecule has 2 N–H and O–H groups in total. The van der Waals surface area contributed by atoms with Crippen LogP contribution in [0.1, 0.15) is 83.1 Å². The summed E-state index contributed by atoms with van der Waals surface area (Å²) in [4.78, 5) is 24.3. The topological polar surface area (TPSA) is 82.5 Å². The summed E-state index contributed by atoms with van der Waals surface area (Å²) in [6.45, 7) is 3.91.